The summed E-state index contributed by atoms with van der Waals surface area (Å²) < 4.78 is 10.9. The third-order valence-corrected chi connectivity index (χ3v) is 9.53. The summed E-state index contributed by atoms with van der Waals surface area (Å²) in [7, 11) is 3.43. The van der Waals surface area contributed by atoms with Gasteiger partial charge in [-0.3, -0.25) is 24.1 Å². The number of amides is 1. The Morgan fingerprint density at radius 2 is 1.93 bits per heavy atom. The number of fused-ring (bicyclic) bond motifs is 4. The van der Waals surface area contributed by atoms with E-state index in [-0.39, 0.29) is 23.5 Å². The van der Waals surface area contributed by atoms with Gasteiger partial charge >= 0.3 is 0 Å². The molecule has 1 amide bonds. The minimum absolute atomic E-state index is 0.110. The van der Waals surface area contributed by atoms with E-state index < -0.39 is 0 Å². The molecule has 0 saturated carbocycles. The SMILES string of the molecule is COCCCN1CCn2nc(Nc3cc(-c4ccnc(N5CCn6c(cc7c6CC(C)(C)C7)C5=O)c4CO)cn(C)c3=O)cc2C1. The molecule has 0 spiro atoms. The highest BCUT2D eigenvalue weighted by atomic mass is 16.5. The molecule has 6 heterocycles. The van der Waals surface area contributed by atoms with Gasteiger partial charge in [-0.1, -0.05) is 13.8 Å². The van der Waals surface area contributed by atoms with E-state index in [1.165, 1.54) is 15.8 Å². The van der Waals surface area contributed by atoms with Crippen LogP contribution in [0.15, 0.2) is 41.5 Å². The number of aryl methyl sites for hydroxylation is 1. The fraction of sp³-hybridized carbons (Fsp3) is 0.471. The summed E-state index contributed by atoms with van der Waals surface area (Å²) in [5, 5.41) is 18.6. The van der Waals surface area contributed by atoms with Gasteiger partial charge in [-0.2, -0.15) is 5.10 Å². The molecule has 3 aliphatic rings. The maximum atomic E-state index is 13.8. The van der Waals surface area contributed by atoms with E-state index in [1.54, 1.807) is 37.5 Å². The van der Waals surface area contributed by atoms with Crippen LogP contribution in [-0.4, -0.2) is 73.2 Å². The highest BCUT2D eigenvalue weighted by molar-refractivity contribution is 6.06. The number of hydrogen-bond donors (Lipinski definition) is 2. The Morgan fingerprint density at radius 1 is 1.09 bits per heavy atom. The van der Waals surface area contributed by atoms with E-state index in [0.29, 0.717) is 47.2 Å². The number of ether oxygens (including phenoxy) is 1. The van der Waals surface area contributed by atoms with Gasteiger partial charge in [0.05, 0.1) is 18.8 Å². The summed E-state index contributed by atoms with van der Waals surface area (Å²) in [4.78, 5) is 35.7. The van der Waals surface area contributed by atoms with E-state index in [4.69, 9.17) is 9.84 Å². The van der Waals surface area contributed by atoms with Gasteiger partial charge < -0.3 is 24.3 Å². The summed E-state index contributed by atoms with van der Waals surface area (Å²) in [6.45, 7) is 9.54. The van der Waals surface area contributed by atoms with Crippen LogP contribution >= 0.6 is 0 Å². The largest absolute Gasteiger partial charge is 0.392 e. The highest BCUT2D eigenvalue weighted by Crippen LogP contribution is 2.40. The maximum absolute atomic E-state index is 13.8. The van der Waals surface area contributed by atoms with Crippen molar-refractivity contribution in [2.24, 2.45) is 12.5 Å². The van der Waals surface area contributed by atoms with Crippen molar-refractivity contribution in [2.45, 2.75) is 59.4 Å². The van der Waals surface area contributed by atoms with Crippen LogP contribution in [0.3, 0.4) is 0 Å². The van der Waals surface area contributed by atoms with Crippen molar-refractivity contribution < 1.29 is 14.6 Å². The fourth-order valence-electron chi connectivity index (χ4n) is 7.34. The fourth-order valence-corrected chi connectivity index (χ4v) is 7.34. The average molecular weight is 627 g/mol. The molecule has 12 heteroatoms. The second kappa shape index (κ2) is 11.8. The standard InChI is InChI=1S/C34H42N8O4/c1-34(2)17-22-15-28-33(45)41(11-10-40(28)29(22)18-34)31-26(21-43)25(6-7-35-31)23-14-27(32(44)38(3)19-23)36-30-16-24-20-39(8-5-13-46-4)9-12-42(24)37-30/h6-7,14-16,19,43H,5,8-13,17-18,20-21H2,1-4H3,(H,36,37). The minimum Gasteiger partial charge on any atom is -0.392 e. The molecule has 12 nitrogen and oxygen atoms in total. The Bertz CT molecular complexity index is 1870. The van der Waals surface area contributed by atoms with Crippen LogP contribution in [0.1, 0.15) is 53.3 Å². The number of rotatable bonds is 9. The van der Waals surface area contributed by atoms with Crippen molar-refractivity contribution in [3.63, 3.8) is 0 Å². The number of aliphatic hydroxyl groups is 1. The summed E-state index contributed by atoms with van der Waals surface area (Å²) in [6, 6.07) is 7.64. The molecule has 2 N–H and O–H groups in total. The van der Waals surface area contributed by atoms with Crippen molar-refractivity contribution in [3.8, 4) is 11.1 Å². The Balaban J connectivity index is 1.16. The molecule has 2 aliphatic heterocycles. The van der Waals surface area contributed by atoms with Gasteiger partial charge in [0.15, 0.2) is 5.82 Å². The van der Waals surface area contributed by atoms with Gasteiger partial charge in [0.25, 0.3) is 11.5 Å². The van der Waals surface area contributed by atoms with Crippen LogP contribution in [0.5, 0.6) is 0 Å². The van der Waals surface area contributed by atoms with E-state index in [9.17, 15) is 14.7 Å². The predicted molar refractivity (Wildman–Crippen MR) is 175 cm³/mol. The van der Waals surface area contributed by atoms with Crippen LogP contribution in [-0.2, 0) is 50.9 Å². The molecule has 1 aliphatic carbocycles. The third kappa shape index (κ3) is 5.44. The molecule has 0 bridgehead atoms. The normalized spacial score (nSPS) is 17.2. The topological polar surface area (TPSA) is 123 Å². The van der Waals surface area contributed by atoms with E-state index in [0.717, 1.165) is 63.3 Å². The number of nitrogens with zero attached hydrogens (tertiary/aromatic N) is 7. The first-order chi connectivity index (χ1) is 22.2. The number of aliphatic hydroxyl groups excluding tert-OH is 1. The molecule has 7 rings (SSSR count). The van der Waals surface area contributed by atoms with E-state index in [1.807, 2.05) is 22.9 Å². The molecule has 242 valence electrons. The summed E-state index contributed by atoms with van der Waals surface area (Å²) >= 11 is 0. The molecule has 4 aromatic rings. The monoisotopic (exact) mass is 626 g/mol. The number of hydrogen-bond acceptors (Lipinski definition) is 8. The van der Waals surface area contributed by atoms with Crippen LogP contribution in [0.4, 0.5) is 17.3 Å². The van der Waals surface area contributed by atoms with Crippen LogP contribution in [0.2, 0.25) is 0 Å². The quantitative estimate of drug-likeness (QED) is 0.272. The Labute approximate surface area is 268 Å². The lowest BCUT2D eigenvalue weighted by Gasteiger charge is -2.31. The third-order valence-electron chi connectivity index (χ3n) is 9.53. The molecule has 0 saturated heterocycles. The van der Waals surface area contributed by atoms with E-state index in [2.05, 4.69) is 33.6 Å². The Hall–Kier alpha value is -4.26. The minimum atomic E-state index is -0.311. The lowest BCUT2D eigenvalue weighted by molar-refractivity contribution is 0.0962. The molecule has 0 fully saturated rings. The molecule has 4 aromatic heterocycles. The van der Waals surface area contributed by atoms with Gasteiger partial charge in [-0.15, -0.1) is 0 Å². The van der Waals surface area contributed by atoms with Crippen molar-refractivity contribution in [3.05, 3.63) is 75.2 Å². The smallest absolute Gasteiger partial charge is 0.276 e. The highest BCUT2D eigenvalue weighted by Gasteiger charge is 2.37. The van der Waals surface area contributed by atoms with Gasteiger partial charge in [-0.25, -0.2) is 4.98 Å². The number of methoxy groups -OCH3 is 1. The summed E-state index contributed by atoms with van der Waals surface area (Å²) in [5.74, 6) is 0.942. The number of nitrogens with one attached hydrogen (secondary N) is 1. The maximum Gasteiger partial charge on any atom is 0.276 e. The molecular formula is C34H42N8O4. The lowest BCUT2D eigenvalue weighted by Crippen LogP contribution is -2.41. The molecular weight excluding hydrogens is 584 g/mol. The lowest BCUT2D eigenvalue weighted by atomic mass is 9.90. The molecule has 0 aromatic carbocycles. The first-order valence-electron chi connectivity index (χ1n) is 16.0. The van der Waals surface area contributed by atoms with Crippen molar-refractivity contribution in [2.75, 3.05) is 43.6 Å². The molecule has 0 unspecified atom stereocenters. The number of aromatic nitrogens is 5. The van der Waals surface area contributed by atoms with Gasteiger partial charge in [-0.05, 0) is 54.0 Å². The Morgan fingerprint density at radius 3 is 2.74 bits per heavy atom. The van der Waals surface area contributed by atoms with Gasteiger partial charge in [0.1, 0.15) is 17.2 Å². The average Bonchev–Trinajstić information content (AvgIpc) is 3.68. The Kier molecular flexibility index (Phi) is 7.82. The first-order valence-corrected chi connectivity index (χ1v) is 16.0. The zero-order chi connectivity index (χ0) is 32.2. The van der Waals surface area contributed by atoms with Crippen LogP contribution < -0.4 is 15.8 Å². The predicted octanol–water partition coefficient (Wildman–Crippen LogP) is 3.32. The van der Waals surface area contributed by atoms with E-state index >= 15 is 0 Å². The second-order valence-electron chi connectivity index (χ2n) is 13.5. The zero-order valence-electron chi connectivity index (χ0n) is 27.0. The number of carbonyl (C=O) groups is 1. The van der Waals surface area contributed by atoms with Gasteiger partial charge in [0.2, 0.25) is 0 Å². The van der Waals surface area contributed by atoms with Crippen molar-refractivity contribution in [1.29, 1.82) is 0 Å². The molecule has 0 radical (unpaired) electrons. The van der Waals surface area contributed by atoms with Crippen LogP contribution in [0, 0.1) is 5.41 Å². The molecule has 46 heavy (non-hydrogen) atoms. The summed E-state index contributed by atoms with van der Waals surface area (Å²) in [5.41, 5.74) is 6.64. The number of carbonyl (C=O) groups excluding carboxylic acids is 1. The van der Waals surface area contributed by atoms with Gasteiger partial charge in [0, 0.05) is 88.8 Å². The second-order valence-corrected chi connectivity index (χ2v) is 13.5. The number of pyridine rings is 2. The van der Waals surface area contributed by atoms with Crippen molar-refractivity contribution >= 4 is 23.2 Å². The summed E-state index contributed by atoms with van der Waals surface area (Å²) in [6.07, 6.45) is 6.31. The van der Waals surface area contributed by atoms with Crippen molar-refractivity contribution in [1.82, 2.24) is 28.8 Å². The molecule has 0 atom stereocenters. The van der Waals surface area contributed by atoms with Crippen LogP contribution in [0.25, 0.3) is 11.1 Å². The number of anilines is 3. The zero-order valence-corrected chi connectivity index (χ0v) is 27.0. The first kappa shape index (κ1) is 30.4.